The van der Waals surface area contributed by atoms with Crippen molar-refractivity contribution in [2.75, 3.05) is 0 Å². The molecule has 0 spiro atoms. The van der Waals surface area contributed by atoms with Gasteiger partial charge in [-0.25, -0.2) is 0 Å². The zero-order valence-electron chi connectivity index (χ0n) is 35.5. The van der Waals surface area contributed by atoms with Crippen molar-refractivity contribution in [3.8, 4) is 66.8 Å². The lowest BCUT2D eigenvalue weighted by molar-refractivity contribution is 0.669. The molecule has 302 valence electrons. The first-order valence-corrected chi connectivity index (χ1v) is 22.4. The fourth-order valence-corrected chi connectivity index (χ4v) is 10.5. The van der Waals surface area contributed by atoms with Crippen molar-refractivity contribution in [1.82, 2.24) is 0 Å². The summed E-state index contributed by atoms with van der Waals surface area (Å²) in [7, 11) is 0. The summed E-state index contributed by atoms with van der Waals surface area (Å²) in [5.74, 6) is 0. The highest BCUT2D eigenvalue weighted by molar-refractivity contribution is 6.23. The van der Waals surface area contributed by atoms with Gasteiger partial charge in [-0.15, -0.1) is 0 Å². The lowest BCUT2D eigenvalue weighted by Crippen LogP contribution is -1.91. The second-order valence-electron chi connectivity index (χ2n) is 17.1. The molecule has 0 aliphatic rings. The molecule has 1 aromatic heterocycles. The third kappa shape index (κ3) is 6.09. The molecule has 0 bridgehead atoms. The van der Waals surface area contributed by atoms with Crippen LogP contribution in [0.2, 0.25) is 0 Å². The zero-order chi connectivity index (χ0) is 42.8. The normalized spacial score (nSPS) is 11.7. The quantitative estimate of drug-likeness (QED) is 0.152. The Labute approximate surface area is 377 Å². The monoisotopic (exact) mass is 824 g/mol. The van der Waals surface area contributed by atoms with Crippen LogP contribution in [0.5, 0.6) is 0 Å². The Morgan fingerprint density at radius 3 is 0.738 bits per heavy atom. The Morgan fingerprint density at radius 2 is 0.415 bits per heavy atom. The van der Waals surface area contributed by atoms with E-state index in [2.05, 4.69) is 243 Å². The van der Waals surface area contributed by atoms with Gasteiger partial charge in [0.05, 0.1) is 0 Å². The van der Waals surface area contributed by atoms with E-state index in [1.54, 1.807) is 0 Å². The third-order valence-corrected chi connectivity index (χ3v) is 13.4. The molecule has 0 saturated carbocycles. The minimum atomic E-state index is 0.882. The number of hydrogen-bond acceptors (Lipinski definition) is 1. The molecule has 0 amide bonds. The molecule has 0 radical (unpaired) electrons. The van der Waals surface area contributed by atoms with E-state index < -0.39 is 0 Å². The molecular formula is C64H40O. The number of benzene rings is 12. The highest BCUT2D eigenvalue weighted by Crippen LogP contribution is 2.47. The first-order valence-electron chi connectivity index (χ1n) is 22.4. The van der Waals surface area contributed by atoms with Crippen LogP contribution in [0.1, 0.15) is 0 Å². The lowest BCUT2D eigenvalue weighted by Gasteiger charge is -2.18. The molecule has 1 heteroatoms. The smallest absolute Gasteiger partial charge is 0.135 e. The molecule has 1 heterocycles. The molecule has 0 fully saturated rings. The molecule has 0 saturated heterocycles. The van der Waals surface area contributed by atoms with Crippen LogP contribution in [0.4, 0.5) is 0 Å². The molecule has 0 unspecified atom stereocenters. The van der Waals surface area contributed by atoms with Crippen molar-refractivity contribution in [1.29, 1.82) is 0 Å². The number of fused-ring (bicyclic) bond motifs is 7. The number of hydrogen-bond donors (Lipinski definition) is 0. The van der Waals surface area contributed by atoms with Crippen LogP contribution in [0.25, 0.3) is 132 Å². The van der Waals surface area contributed by atoms with Crippen molar-refractivity contribution in [2.24, 2.45) is 0 Å². The van der Waals surface area contributed by atoms with Crippen molar-refractivity contribution in [2.45, 2.75) is 0 Å². The Bertz CT molecular complexity index is 3700. The average molecular weight is 825 g/mol. The van der Waals surface area contributed by atoms with E-state index in [4.69, 9.17) is 4.42 Å². The van der Waals surface area contributed by atoms with E-state index in [1.807, 2.05) is 0 Å². The van der Waals surface area contributed by atoms with Gasteiger partial charge < -0.3 is 4.42 Å². The maximum Gasteiger partial charge on any atom is 0.135 e. The molecule has 65 heavy (non-hydrogen) atoms. The highest BCUT2D eigenvalue weighted by atomic mass is 16.3. The Hall–Kier alpha value is -8.52. The lowest BCUT2D eigenvalue weighted by atomic mass is 9.84. The van der Waals surface area contributed by atoms with Gasteiger partial charge in [0.15, 0.2) is 0 Å². The first-order chi connectivity index (χ1) is 32.2. The van der Waals surface area contributed by atoms with Gasteiger partial charge in [-0.1, -0.05) is 206 Å². The van der Waals surface area contributed by atoms with Gasteiger partial charge in [-0.2, -0.15) is 0 Å². The molecule has 13 aromatic rings. The predicted octanol–water partition coefficient (Wildman–Crippen LogP) is 18.2. The summed E-state index contributed by atoms with van der Waals surface area (Å²) < 4.78 is 6.55. The Morgan fingerprint density at radius 1 is 0.169 bits per heavy atom. The van der Waals surface area contributed by atoms with Gasteiger partial charge in [-0.3, -0.25) is 0 Å². The van der Waals surface area contributed by atoms with Crippen LogP contribution < -0.4 is 0 Å². The van der Waals surface area contributed by atoms with Crippen molar-refractivity contribution < 1.29 is 4.42 Å². The van der Waals surface area contributed by atoms with E-state index in [1.165, 1.54) is 98.7 Å². The van der Waals surface area contributed by atoms with Crippen LogP contribution in [-0.4, -0.2) is 0 Å². The zero-order valence-corrected chi connectivity index (χ0v) is 35.5. The van der Waals surface area contributed by atoms with Gasteiger partial charge in [0.25, 0.3) is 0 Å². The first kappa shape index (κ1) is 37.1. The summed E-state index contributed by atoms with van der Waals surface area (Å²) in [4.78, 5) is 0. The van der Waals surface area contributed by atoms with Crippen molar-refractivity contribution in [3.05, 3.63) is 243 Å². The minimum absolute atomic E-state index is 0.882. The van der Waals surface area contributed by atoms with Gasteiger partial charge in [0.2, 0.25) is 0 Å². The third-order valence-electron chi connectivity index (χ3n) is 13.4. The summed E-state index contributed by atoms with van der Waals surface area (Å²) in [6.45, 7) is 0. The molecule has 0 atom stereocenters. The highest BCUT2D eigenvalue weighted by Gasteiger charge is 2.20. The topological polar surface area (TPSA) is 13.1 Å². The molecular weight excluding hydrogens is 785 g/mol. The van der Waals surface area contributed by atoms with E-state index in [9.17, 15) is 0 Å². The number of rotatable bonds is 6. The largest absolute Gasteiger partial charge is 0.456 e. The minimum Gasteiger partial charge on any atom is -0.456 e. The van der Waals surface area contributed by atoms with Crippen LogP contribution in [-0.2, 0) is 0 Å². The maximum absolute atomic E-state index is 6.55. The summed E-state index contributed by atoms with van der Waals surface area (Å²) in [6, 6.07) is 88.5. The summed E-state index contributed by atoms with van der Waals surface area (Å²) >= 11 is 0. The fourth-order valence-electron chi connectivity index (χ4n) is 10.5. The molecule has 1 nitrogen and oxygen atoms in total. The number of furan rings is 1. The van der Waals surface area contributed by atoms with E-state index in [0.717, 1.165) is 33.1 Å². The van der Waals surface area contributed by atoms with Gasteiger partial charge in [0.1, 0.15) is 11.2 Å². The van der Waals surface area contributed by atoms with Crippen LogP contribution >= 0.6 is 0 Å². The standard InChI is InChI=1S/C64H40O/c1-5-17-41(18-6-1)61-49-25-13-15-27-51(49)63(43-21-9-3-10-22-43)57-39-45(29-33-53(57)61)47-31-35-59-55(37-47)56-38-48(32-36-60(56)65-59)46-30-34-54-58(40-46)64(44-23-11-4-12-24-44)52-28-16-14-26-50(52)62(54)42-19-7-2-8-20-42/h1-40H. The molecule has 0 aliphatic carbocycles. The van der Waals surface area contributed by atoms with E-state index in [0.29, 0.717) is 0 Å². The van der Waals surface area contributed by atoms with Gasteiger partial charge in [-0.05, 0) is 146 Å². The van der Waals surface area contributed by atoms with Crippen LogP contribution in [0, 0.1) is 0 Å². The summed E-state index contributed by atoms with van der Waals surface area (Å²) in [5, 5.41) is 12.2. The van der Waals surface area contributed by atoms with E-state index in [-0.39, 0.29) is 0 Å². The SMILES string of the molecule is c1ccc(-c2c3ccccc3c(-c3ccccc3)c3cc(-c4ccc5oc6ccc(-c7ccc8c(-c9ccccc9)c9ccccc9c(-c9ccccc9)c8c7)cc6c5c4)ccc23)cc1. The molecule has 13 rings (SSSR count). The van der Waals surface area contributed by atoms with Gasteiger partial charge in [0, 0.05) is 10.8 Å². The maximum atomic E-state index is 6.55. The Kier molecular flexibility index (Phi) is 8.60. The predicted molar refractivity (Wildman–Crippen MR) is 276 cm³/mol. The van der Waals surface area contributed by atoms with Crippen LogP contribution in [0.3, 0.4) is 0 Å². The molecule has 0 aliphatic heterocycles. The summed E-state index contributed by atoms with van der Waals surface area (Å²) in [6.07, 6.45) is 0. The van der Waals surface area contributed by atoms with Crippen LogP contribution in [0.15, 0.2) is 247 Å². The second kappa shape index (κ2) is 15.1. The fraction of sp³-hybridized carbons (Fsp3) is 0. The summed E-state index contributed by atoms with van der Waals surface area (Å²) in [5.41, 5.74) is 16.3. The Balaban J connectivity index is 0.996. The second-order valence-corrected chi connectivity index (χ2v) is 17.1. The average Bonchev–Trinajstić information content (AvgIpc) is 3.75. The van der Waals surface area contributed by atoms with Crippen molar-refractivity contribution in [3.63, 3.8) is 0 Å². The molecule has 0 N–H and O–H groups in total. The van der Waals surface area contributed by atoms with E-state index >= 15 is 0 Å². The van der Waals surface area contributed by atoms with Crippen molar-refractivity contribution >= 4 is 65.0 Å². The van der Waals surface area contributed by atoms with Gasteiger partial charge >= 0.3 is 0 Å². The molecule has 12 aromatic carbocycles.